The minimum atomic E-state index is 0.660. The molecule has 0 aromatic rings. The first kappa shape index (κ1) is 13.1. The molecule has 14 heavy (non-hydrogen) atoms. The van der Waals surface area contributed by atoms with Crippen LogP contribution in [0.2, 0.25) is 0 Å². The molecule has 0 unspecified atom stereocenters. The highest BCUT2D eigenvalue weighted by atomic mass is 15.4. The second kappa shape index (κ2) is 8.72. The largest absolute Gasteiger partial charge is 0.330 e. The average Bonchev–Trinajstić information content (AvgIpc) is 2.21. The molecule has 82 valence electrons. The normalized spacial score (nSPS) is 11.5. The van der Waals surface area contributed by atoms with Gasteiger partial charge >= 0.3 is 0 Å². The van der Waals surface area contributed by atoms with Gasteiger partial charge in [-0.2, -0.15) is 0 Å². The molecule has 0 amide bonds. The zero-order valence-electron chi connectivity index (χ0n) is 9.08. The first-order chi connectivity index (χ1) is 6.74. The minimum absolute atomic E-state index is 0.660. The second-order valence-corrected chi connectivity index (χ2v) is 3.26. The average molecular weight is 198 g/mol. The summed E-state index contributed by atoms with van der Waals surface area (Å²) < 4.78 is 0. The van der Waals surface area contributed by atoms with Gasteiger partial charge in [-0.3, -0.25) is 4.99 Å². The van der Waals surface area contributed by atoms with Crippen molar-refractivity contribution in [3.05, 3.63) is 11.9 Å². The smallest absolute Gasteiger partial charge is 0.0569 e. The molecule has 0 aliphatic carbocycles. The van der Waals surface area contributed by atoms with Crippen LogP contribution in [-0.2, 0) is 0 Å². The monoisotopic (exact) mass is 198 g/mol. The Morgan fingerprint density at radius 3 is 2.71 bits per heavy atom. The van der Waals surface area contributed by atoms with Crippen molar-refractivity contribution in [3.63, 3.8) is 0 Å². The molecule has 4 N–H and O–H groups in total. The number of nitrogens with two attached hydrogens (primary N) is 2. The zero-order chi connectivity index (χ0) is 10.8. The van der Waals surface area contributed by atoms with E-state index in [1.54, 1.807) is 5.01 Å². The lowest BCUT2D eigenvalue weighted by atomic mass is 10.2. The third kappa shape index (κ3) is 6.62. The lowest BCUT2D eigenvalue weighted by molar-refractivity contribution is 0.383. The van der Waals surface area contributed by atoms with Crippen LogP contribution in [0.5, 0.6) is 0 Å². The summed E-state index contributed by atoms with van der Waals surface area (Å²) in [4.78, 5) is 3.93. The number of unbranched alkanes of at least 4 members (excludes halogenated alkanes) is 1. The van der Waals surface area contributed by atoms with Crippen LogP contribution in [0.25, 0.3) is 0 Å². The van der Waals surface area contributed by atoms with Crippen molar-refractivity contribution < 1.29 is 0 Å². The molecule has 4 heteroatoms. The SMILES string of the molecule is C=N/C(=C\N(N)CCCN)CCCC. The fourth-order valence-electron chi connectivity index (χ4n) is 1.07. The lowest BCUT2D eigenvalue weighted by Crippen LogP contribution is -2.28. The van der Waals surface area contributed by atoms with E-state index < -0.39 is 0 Å². The Morgan fingerprint density at radius 1 is 1.50 bits per heavy atom. The number of allylic oxidation sites excluding steroid dienone is 1. The van der Waals surface area contributed by atoms with Crippen molar-refractivity contribution in [2.45, 2.75) is 32.6 Å². The summed E-state index contributed by atoms with van der Waals surface area (Å²) in [6.07, 6.45) is 5.95. The van der Waals surface area contributed by atoms with E-state index in [0.717, 1.165) is 37.9 Å². The summed E-state index contributed by atoms with van der Waals surface area (Å²) in [5.74, 6) is 5.72. The number of hydrogen-bond donors (Lipinski definition) is 2. The third-order valence-electron chi connectivity index (χ3n) is 1.92. The lowest BCUT2D eigenvalue weighted by Gasteiger charge is -2.13. The number of nitrogens with zero attached hydrogens (tertiary/aromatic N) is 2. The van der Waals surface area contributed by atoms with Crippen LogP contribution in [-0.4, -0.2) is 24.8 Å². The first-order valence-corrected chi connectivity index (χ1v) is 5.13. The Bertz CT molecular complexity index is 177. The van der Waals surface area contributed by atoms with Gasteiger partial charge in [0.15, 0.2) is 0 Å². The Hall–Kier alpha value is -0.870. The van der Waals surface area contributed by atoms with Crippen LogP contribution >= 0.6 is 0 Å². The van der Waals surface area contributed by atoms with Crippen molar-refractivity contribution >= 4 is 6.72 Å². The van der Waals surface area contributed by atoms with Gasteiger partial charge in [-0.1, -0.05) is 13.3 Å². The Morgan fingerprint density at radius 2 is 2.21 bits per heavy atom. The van der Waals surface area contributed by atoms with Gasteiger partial charge in [0.25, 0.3) is 0 Å². The van der Waals surface area contributed by atoms with Gasteiger partial charge in [0.2, 0.25) is 0 Å². The van der Waals surface area contributed by atoms with Gasteiger partial charge in [-0.15, -0.1) is 0 Å². The van der Waals surface area contributed by atoms with Crippen LogP contribution in [0.4, 0.5) is 0 Å². The van der Waals surface area contributed by atoms with E-state index in [2.05, 4.69) is 18.6 Å². The third-order valence-corrected chi connectivity index (χ3v) is 1.92. The molecule has 0 saturated heterocycles. The highest BCUT2D eigenvalue weighted by Crippen LogP contribution is 2.08. The Balaban J connectivity index is 3.93. The van der Waals surface area contributed by atoms with Gasteiger partial charge in [-0.25, -0.2) is 5.84 Å². The van der Waals surface area contributed by atoms with Gasteiger partial charge in [0.1, 0.15) is 0 Å². The highest BCUT2D eigenvalue weighted by molar-refractivity contribution is 5.28. The van der Waals surface area contributed by atoms with Crippen LogP contribution in [0.1, 0.15) is 32.6 Å². The molecule has 0 radical (unpaired) electrons. The maximum Gasteiger partial charge on any atom is 0.0569 e. The summed E-state index contributed by atoms with van der Waals surface area (Å²) >= 11 is 0. The molecule has 0 saturated carbocycles. The number of hydrazine groups is 1. The number of aliphatic imine (C=N–C) groups is 1. The van der Waals surface area contributed by atoms with Crippen LogP contribution in [0.15, 0.2) is 16.9 Å². The number of rotatable bonds is 8. The molecule has 0 aromatic heterocycles. The molecule has 0 aromatic carbocycles. The van der Waals surface area contributed by atoms with Gasteiger partial charge in [0.05, 0.1) is 5.70 Å². The predicted molar refractivity (Wildman–Crippen MR) is 61.7 cm³/mol. The van der Waals surface area contributed by atoms with Gasteiger partial charge < -0.3 is 10.7 Å². The Labute approximate surface area is 86.6 Å². The molecular weight excluding hydrogens is 176 g/mol. The zero-order valence-corrected chi connectivity index (χ0v) is 9.08. The van der Waals surface area contributed by atoms with Crippen LogP contribution in [0.3, 0.4) is 0 Å². The molecule has 0 fully saturated rings. The fourth-order valence-corrected chi connectivity index (χ4v) is 1.07. The molecule has 0 bridgehead atoms. The fraction of sp³-hybridized carbons (Fsp3) is 0.700. The molecule has 0 aliphatic heterocycles. The van der Waals surface area contributed by atoms with Crippen molar-refractivity contribution in [1.29, 1.82) is 0 Å². The van der Waals surface area contributed by atoms with E-state index in [0.29, 0.717) is 6.54 Å². The quantitative estimate of drug-likeness (QED) is 0.350. The maximum absolute atomic E-state index is 5.72. The molecule has 0 atom stereocenters. The molecule has 4 nitrogen and oxygen atoms in total. The van der Waals surface area contributed by atoms with E-state index in [1.807, 2.05) is 6.20 Å². The van der Waals surface area contributed by atoms with E-state index in [-0.39, 0.29) is 0 Å². The topological polar surface area (TPSA) is 67.6 Å². The van der Waals surface area contributed by atoms with Crippen molar-refractivity contribution in [2.24, 2.45) is 16.6 Å². The second-order valence-electron chi connectivity index (χ2n) is 3.26. The van der Waals surface area contributed by atoms with Crippen molar-refractivity contribution in [3.8, 4) is 0 Å². The maximum atomic E-state index is 5.72. The summed E-state index contributed by atoms with van der Waals surface area (Å²) in [6.45, 7) is 7.10. The predicted octanol–water partition coefficient (Wildman–Crippen LogP) is 1.24. The first-order valence-electron chi connectivity index (χ1n) is 5.13. The standard InChI is InChI=1S/C10H22N4/c1-3-4-6-10(13-2)9-14(12)8-5-7-11/h9H,2-8,11-12H2,1H3/b10-9-. The molecule has 0 rings (SSSR count). The summed E-state index contributed by atoms with van der Waals surface area (Å²) in [5, 5.41) is 1.63. The van der Waals surface area contributed by atoms with E-state index in [1.165, 1.54) is 0 Å². The highest BCUT2D eigenvalue weighted by Gasteiger charge is 1.96. The van der Waals surface area contributed by atoms with E-state index in [9.17, 15) is 0 Å². The Kier molecular flexibility index (Phi) is 8.17. The van der Waals surface area contributed by atoms with Crippen LogP contribution < -0.4 is 11.6 Å². The molecule has 0 spiro atoms. The summed E-state index contributed by atoms with van der Waals surface area (Å²) in [6, 6.07) is 0. The van der Waals surface area contributed by atoms with E-state index >= 15 is 0 Å². The minimum Gasteiger partial charge on any atom is -0.330 e. The van der Waals surface area contributed by atoms with E-state index in [4.69, 9.17) is 11.6 Å². The van der Waals surface area contributed by atoms with Crippen LogP contribution in [0, 0.1) is 0 Å². The van der Waals surface area contributed by atoms with Gasteiger partial charge in [-0.05, 0) is 32.5 Å². The number of hydrogen-bond acceptors (Lipinski definition) is 4. The molecular formula is C10H22N4. The van der Waals surface area contributed by atoms with Crippen molar-refractivity contribution in [1.82, 2.24) is 5.01 Å². The molecule has 0 heterocycles. The van der Waals surface area contributed by atoms with Gasteiger partial charge in [0, 0.05) is 12.7 Å². The summed E-state index contributed by atoms with van der Waals surface area (Å²) in [5.41, 5.74) is 6.33. The molecule has 0 aliphatic rings. The summed E-state index contributed by atoms with van der Waals surface area (Å²) in [7, 11) is 0. The van der Waals surface area contributed by atoms with Crippen molar-refractivity contribution in [2.75, 3.05) is 13.1 Å².